The van der Waals surface area contributed by atoms with E-state index >= 15 is 0 Å². The summed E-state index contributed by atoms with van der Waals surface area (Å²) in [5.41, 5.74) is 0.0797. The van der Waals surface area contributed by atoms with Crippen molar-refractivity contribution in [3.8, 4) is 11.5 Å². The van der Waals surface area contributed by atoms with E-state index in [2.05, 4.69) is 0 Å². The third kappa shape index (κ3) is 3.76. The predicted molar refractivity (Wildman–Crippen MR) is 112 cm³/mol. The number of phenolic OH excluding ortho intramolecular Hbond substituents is 2. The maximum atomic E-state index is 13.0. The maximum Gasteiger partial charge on any atom is 0.302 e. The number of hydrogen-bond acceptors (Lipinski definition) is 8. The second-order valence-corrected chi connectivity index (χ2v) is 8.06. The van der Waals surface area contributed by atoms with Crippen LogP contribution in [0.25, 0.3) is 0 Å². The van der Waals surface area contributed by atoms with Crippen LogP contribution >= 0.6 is 0 Å². The van der Waals surface area contributed by atoms with E-state index in [9.17, 15) is 24.6 Å². The van der Waals surface area contributed by atoms with Gasteiger partial charge in [-0.3, -0.25) is 14.4 Å². The van der Waals surface area contributed by atoms with Gasteiger partial charge in [-0.25, -0.2) is 0 Å². The van der Waals surface area contributed by atoms with Crippen LogP contribution in [0.2, 0.25) is 0 Å². The van der Waals surface area contributed by atoms with Gasteiger partial charge in [-0.2, -0.15) is 0 Å². The fourth-order valence-electron chi connectivity index (χ4n) is 4.29. The molecule has 0 radical (unpaired) electrons. The number of fused-ring (bicyclic) bond motifs is 2. The van der Waals surface area contributed by atoms with Gasteiger partial charge in [-0.05, 0) is 26.3 Å². The molecule has 2 aliphatic rings. The van der Waals surface area contributed by atoms with Gasteiger partial charge in [-0.15, -0.1) is 0 Å². The lowest BCUT2D eigenvalue weighted by atomic mass is 9.81. The van der Waals surface area contributed by atoms with Crippen LogP contribution in [0.4, 0.5) is 0 Å². The fraction of sp³-hybridized carbons (Fsp3) is 0.375. The molecule has 8 nitrogen and oxygen atoms in total. The van der Waals surface area contributed by atoms with E-state index in [4.69, 9.17) is 14.2 Å². The topological polar surface area (TPSA) is 119 Å². The molecule has 0 spiro atoms. The van der Waals surface area contributed by atoms with Crippen molar-refractivity contribution in [2.75, 3.05) is 0 Å². The van der Waals surface area contributed by atoms with E-state index in [1.54, 1.807) is 26.0 Å². The minimum Gasteiger partial charge on any atom is -0.507 e. The molecule has 8 heteroatoms. The number of phenols is 2. The van der Waals surface area contributed by atoms with Crippen LogP contribution in [-0.4, -0.2) is 46.2 Å². The van der Waals surface area contributed by atoms with Gasteiger partial charge in [0.2, 0.25) is 0 Å². The van der Waals surface area contributed by atoms with Gasteiger partial charge in [0.05, 0.1) is 23.3 Å². The smallest absolute Gasteiger partial charge is 0.302 e. The Morgan fingerprint density at radius 2 is 1.72 bits per heavy atom. The Kier molecular flexibility index (Phi) is 5.75. The molecule has 32 heavy (non-hydrogen) atoms. The maximum absolute atomic E-state index is 13.0. The number of aromatic hydroxyl groups is 2. The largest absolute Gasteiger partial charge is 0.507 e. The highest BCUT2D eigenvalue weighted by molar-refractivity contribution is 6.30. The van der Waals surface area contributed by atoms with Gasteiger partial charge in [0.25, 0.3) is 0 Å². The zero-order valence-electron chi connectivity index (χ0n) is 18.0. The molecule has 168 valence electrons. The molecular weight excluding hydrogens is 416 g/mol. The zero-order chi connectivity index (χ0) is 23.2. The Hall–Kier alpha value is -3.23. The molecule has 0 bridgehead atoms. The lowest BCUT2D eigenvalue weighted by molar-refractivity contribution is -0.238. The Labute approximate surface area is 184 Å². The van der Waals surface area contributed by atoms with Gasteiger partial charge >= 0.3 is 5.97 Å². The first-order valence-corrected chi connectivity index (χ1v) is 10.4. The summed E-state index contributed by atoms with van der Waals surface area (Å²) < 4.78 is 17.0. The standard InChI is InChI=1S/C24H24O8/c1-11(30-19-9-8-18(12(2)31-19)32-13(3)25)16-10-17(26)20-21(24(16)29)23(28)15-7-5-4-6-14(15)22(20)27/h4-7,10-12,18-19,26,29H,8-9H2,1-3H3/t11-,12-,18+,19+/m0/s1. The van der Waals surface area contributed by atoms with Gasteiger partial charge in [0.15, 0.2) is 17.9 Å². The lowest BCUT2D eigenvalue weighted by Crippen LogP contribution is -2.40. The van der Waals surface area contributed by atoms with Gasteiger partial charge in [-0.1, -0.05) is 24.3 Å². The highest BCUT2D eigenvalue weighted by Gasteiger charge is 2.37. The Morgan fingerprint density at radius 3 is 2.31 bits per heavy atom. The molecule has 1 fully saturated rings. The van der Waals surface area contributed by atoms with Crippen LogP contribution in [0.15, 0.2) is 30.3 Å². The first-order chi connectivity index (χ1) is 15.2. The number of carbonyl (C=O) groups is 3. The van der Waals surface area contributed by atoms with E-state index in [1.807, 2.05) is 0 Å². The molecule has 1 heterocycles. The average Bonchev–Trinajstić information content (AvgIpc) is 2.75. The second-order valence-electron chi connectivity index (χ2n) is 8.06. The molecule has 0 amide bonds. The monoisotopic (exact) mass is 440 g/mol. The third-order valence-corrected chi connectivity index (χ3v) is 5.87. The van der Waals surface area contributed by atoms with E-state index in [-0.39, 0.29) is 46.0 Å². The third-order valence-electron chi connectivity index (χ3n) is 5.87. The fourth-order valence-corrected chi connectivity index (χ4v) is 4.29. The van der Waals surface area contributed by atoms with Crippen molar-refractivity contribution in [1.29, 1.82) is 0 Å². The highest BCUT2D eigenvalue weighted by Crippen LogP contribution is 2.43. The number of hydrogen-bond donors (Lipinski definition) is 2. The number of rotatable bonds is 4. The Balaban J connectivity index is 1.59. The van der Waals surface area contributed by atoms with Gasteiger partial charge in [0, 0.05) is 30.0 Å². The number of ketones is 2. The summed E-state index contributed by atoms with van der Waals surface area (Å²) in [6.45, 7) is 4.76. The Bertz CT molecular complexity index is 1110. The number of esters is 1. The van der Waals surface area contributed by atoms with Crippen LogP contribution in [0.3, 0.4) is 0 Å². The normalized spacial score (nSPS) is 23.3. The van der Waals surface area contributed by atoms with E-state index in [1.165, 1.54) is 25.1 Å². The summed E-state index contributed by atoms with van der Waals surface area (Å²) in [5, 5.41) is 21.5. The van der Waals surface area contributed by atoms with Crippen molar-refractivity contribution in [2.24, 2.45) is 0 Å². The zero-order valence-corrected chi connectivity index (χ0v) is 18.0. The SMILES string of the molecule is CC(=O)O[C@@H]1CC[C@H](O[C@@H](C)c2cc(O)c3c(c2O)C(=O)c2ccccc2C3=O)O[C@H]1C. The molecule has 2 aromatic rings. The molecule has 0 unspecified atom stereocenters. The van der Waals surface area contributed by atoms with Crippen LogP contribution in [0, 0.1) is 0 Å². The first-order valence-electron chi connectivity index (χ1n) is 10.4. The summed E-state index contributed by atoms with van der Waals surface area (Å²) in [4.78, 5) is 37.1. The molecule has 0 saturated carbocycles. The molecule has 2 N–H and O–H groups in total. The summed E-state index contributed by atoms with van der Waals surface area (Å²) >= 11 is 0. The van der Waals surface area contributed by atoms with Gasteiger partial charge < -0.3 is 24.4 Å². The van der Waals surface area contributed by atoms with Crippen molar-refractivity contribution in [3.63, 3.8) is 0 Å². The van der Waals surface area contributed by atoms with E-state index in [0.29, 0.717) is 12.8 Å². The number of benzene rings is 2. The molecule has 4 rings (SSSR count). The minimum absolute atomic E-state index is 0.167. The van der Waals surface area contributed by atoms with E-state index < -0.39 is 35.5 Å². The quantitative estimate of drug-likeness (QED) is 0.468. The van der Waals surface area contributed by atoms with Crippen molar-refractivity contribution >= 4 is 17.5 Å². The minimum atomic E-state index is -0.756. The molecule has 1 saturated heterocycles. The van der Waals surface area contributed by atoms with Crippen molar-refractivity contribution < 1.29 is 38.8 Å². The van der Waals surface area contributed by atoms with Crippen molar-refractivity contribution in [1.82, 2.24) is 0 Å². The summed E-state index contributed by atoms with van der Waals surface area (Å²) in [6, 6.07) is 7.53. The van der Waals surface area contributed by atoms with E-state index in [0.717, 1.165) is 0 Å². The van der Waals surface area contributed by atoms with Crippen LogP contribution < -0.4 is 0 Å². The molecule has 0 aromatic heterocycles. The number of carbonyl (C=O) groups excluding carboxylic acids is 3. The molecular formula is C24H24O8. The van der Waals surface area contributed by atoms with Gasteiger partial charge in [0.1, 0.15) is 17.6 Å². The highest BCUT2D eigenvalue weighted by atomic mass is 16.7. The molecule has 2 aromatic carbocycles. The second kappa shape index (κ2) is 8.37. The Morgan fingerprint density at radius 1 is 1.09 bits per heavy atom. The molecule has 4 atom stereocenters. The summed E-state index contributed by atoms with van der Waals surface area (Å²) in [5.74, 6) is -2.25. The average molecular weight is 440 g/mol. The van der Waals surface area contributed by atoms with Crippen molar-refractivity contribution in [3.05, 3.63) is 58.1 Å². The molecule has 1 aliphatic carbocycles. The molecule has 1 aliphatic heterocycles. The van der Waals surface area contributed by atoms with Crippen LogP contribution in [0.1, 0.15) is 77.1 Å². The predicted octanol–water partition coefficient (Wildman–Crippen LogP) is 3.41. The van der Waals surface area contributed by atoms with Crippen LogP contribution in [0.5, 0.6) is 11.5 Å². The number of ether oxygens (including phenoxy) is 3. The van der Waals surface area contributed by atoms with Crippen LogP contribution in [-0.2, 0) is 19.0 Å². The summed E-state index contributed by atoms with van der Waals surface area (Å²) in [6.07, 6.45) is -1.15. The lowest BCUT2D eigenvalue weighted by Gasteiger charge is -2.35. The first kappa shape index (κ1) is 22.0. The summed E-state index contributed by atoms with van der Waals surface area (Å²) in [7, 11) is 0. The van der Waals surface area contributed by atoms with Crippen molar-refractivity contribution in [2.45, 2.75) is 58.2 Å².